The first-order valence-electron chi connectivity index (χ1n) is 13.9. The predicted octanol–water partition coefficient (Wildman–Crippen LogP) is 6.65. The number of nitrogens with one attached hydrogen (secondary N) is 2. The summed E-state index contributed by atoms with van der Waals surface area (Å²) in [5.74, 6) is -1.88. The molecule has 2 aromatic heterocycles. The van der Waals surface area contributed by atoms with E-state index in [-0.39, 0.29) is 47.1 Å². The number of rotatable bonds is 4. The Kier molecular flexibility index (Phi) is 6.55. The van der Waals surface area contributed by atoms with Crippen LogP contribution in [0.25, 0.3) is 33.1 Å². The number of amides is 2. The molecular weight excluding hydrogens is 574 g/mol. The van der Waals surface area contributed by atoms with Crippen LogP contribution in [0.3, 0.4) is 0 Å². The highest BCUT2D eigenvalue weighted by molar-refractivity contribution is 6.32. The maximum Gasteiger partial charge on any atom is 0.261 e. The Hall–Kier alpha value is -4.54. The van der Waals surface area contributed by atoms with Crippen molar-refractivity contribution in [3.05, 3.63) is 88.6 Å². The molecule has 216 valence electrons. The topological polar surface area (TPSA) is 100 Å². The van der Waals surface area contributed by atoms with Crippen LogP contribution >= 0.6 is 11.6 Å². The smallest absolute Gasteiger partial charge is 0.261 e. The minimum Gasteiger partial charge on any atom is -0.324 e. The molecule has 0 bridgehead atoms. The van der Waals surface area contributed by atoms with Gasteiger partial charge in [0.2, 0.25) is 5.95 Å². The molecular formula is C32H25ClF2N6O2. The fourth-order valence-electron chi connectivity index (χ4n) is 6.27. The van der Waals surface area contributed by atoms with Crippen molar-refractivity contribution in [3.63, 3.8) is 0 Å². The lowest BCUT2D eigenvalue weighted by Gasteiger charge is -2.37. The fourth-order valence-corrected chi connectivity index (χ4v) is 6.45. The number of piperidine rings is 1. The van der Waals surface area contributed by atoms with Crippen LogP contribution in [-0.4, -0.2) is 49.8 Å². The minimum absolute atomic E-state index is 0.0915. The van der Waals surface area contributed by atoms with Gasteiger partial charge in [-0.3, -0.25) is 14.5 Å². The van der Waals surface area contributed by atoms with Crippen LogP contribution in [0.1, 0.15) is 47.4 Å². The number of carbonyl (C=O) groups excluding carboxylic acids is 2. The molecule has 11 heteroatoms. The van der Waals surface area contributed by atoms with E-state index in [1.165, 1.54) is 29.3 Å². The van der Waals surface area contributed by atoms with Gasteiger partial charge in [0.25, 0.3) is 11.8 Å². The van der Waals surface area contributed by atoms with Crippen molar-refractivity contribution >= 4 is 56.9 Å². The molecule has 2 N–H and O–H groups in total. The first-order valence-corrected chi connectivity index (χ1v) is 14.3. The number of carbonyl (C=O) groups is 2. The maximum atomic E-state index is 14.8. The van der Waals surface area contributed by atoms with Gasteiger partial charge in [-0.05, 0) is 69.2 Å². The third kappa shape index (κ3) is 4.67. The van der Waals surface area contributed by atoms with Crippen LogP contribution in [0.2, 0.25) is 5.02 Å². The first kappa shape index (κ1) is 27.3. The SMILES string of the molecule is CC1CC(N2C(=O)c3ccc(Nc4ncc5nc(-c6c(F)cccc6F)c6cc(Cl)ccc6c5n4)cc3C2=O)CC(C)N1. The van der Waals surface area contributed by atoms with Crippen molar-refractivity contribution < 1.29 is 18.4 Å². The van der Waals surface area contributed by atoms with Crippen molar-refractivity contribution in [2.24, 2.45) is 0 Å². The summed E-state index contributed by atoms with van der Waals surface area (Å²) in [7, 11) is 0. The molecule has 2 amide bonds. The van der Waals surface area contributed by atoms with E-state index in [4.69, 9.17) is 11.6 Å². The molecule has 5 aromatic rings. The van der Waals surface area contributed by atoms with Gasteiger partial charge in [0.15, 0.2) is 0 Å². The lowest BCUT2D eigenvalue weighted by Crippen LogP contribution is -2.52. The van der Waals surface area contributed by atoms with Crippen molar-refractivity contribution in [2.45, 2.75) is 44.8 Å². The highest BCUT2D eigenvalue weighted by Gasteiger charge is 2.42. The van der Waals surface area contributed by atoms with Gasteiger partial charge >= 0.3 is 0 Å². The molecule has 0 radical (unpaired) electrons. The van der Waals surface area contributed by atoms with Gasteiger partial charge in [0.05, 0.1) is 28.6 Å². The highest BCUT2D eigenvalue weighted by atomic mass is 35.5. The predicted molar refractivity (Wildman–Crippen MR) is 161 cm³/mol. The fraction of sp³-hybridized carbons (Fsp3) is 0.219. The Morgan fingerprint density at radius 3 is 2.37 bits per heavy atom. The number of fused-ring (bicyclic) bond motifs is 4. The highest BCUT2D eigenvalue weighted by Crippen LogP contribution is 2.36. The number of pyridine rings is 1. The van der Waals surface area contributed by atoms with E-state index in [0.29, 0.717) is 56.5 Å². The third-order valence-electron chi connectivity index (χ3n) is 8.05. The van der Waals surface area contributed by atoms with E-state index >= 15 is 0 Å². The van der Waals surface area contributed by atoms with Crippen LogP contribution < -0.4 is 10.6 Å². The summed E-state index contributed by atoms with van der Waals surface area (Å²) in [6.45, 7) is 4.11. The van der Waals surface area contributed by atoms with Crippen molar-refractivity contribution in [2.75, 3.05) is 5.32 Å². The second kappa shape index (κ2) is 10.3. The zero-order chi connectivity index (χ0) is 30.0. The molecule has 2 atom stereocenters. The Balaban J connectivity index is 1.25. The summed E-state index contributed by atoms with van der Waals surface area (Å²) in [5, 5.41) is 7.95. The van der Waals surface area contributed by atoms with Crippen LogP contribution in [-0.2, 0) is 0 Å². The number of aromatic nitrogens is 3. The molecule has 2 aliphatic heterocycles. The van der Waals surface area contributed by atoms with Crippen LogP contribution in [0, 0.1) is 11.6 Å². The summed E-state index contributed by atoms with van der Waals surface area (Å²) in [4.78, 5) is 41.6. The lowest BCUT2D eigenvalue weighted by atomic mass is 9.94. The van der Waals surface area contributed by atoms with Crippen molar-refractivity contribution in [3.8, 4) is 11.3 Å². The van der Waals surface area contributed by atoms with Crippen LogP contribution in [0.4, 0.5) is 20.4 Å². The van der Waals surface area contributed by atoms with E-state index in [9.17, 15) is 18.4 Å². The Labute approximate surface area is 250 Å². The number of benzene rings is 3. The van der Waals surface area contributed by atoms with Gasteiger partial charge in [-0.15, -0.1) is 0 Å². The number of halogens is 3. The quantitative estimate of drug-likeness (QED) is 0.177. The Morgan fingerprint density at radius 1 is 0.907 bits per heavy atom. The molecule has 4 heterocycles. The first-order chi connectivity index (χ1) is 20.7. The van der Waals surface area contributed by atoms with E-state index in [2.05, 4.69) is 39.4 Å². The van der Waals surface area contributed by atoms with Gasteiger partial charge in [0.1, 0.15) is 22.7 Å². The lowest BCUT2D eigenvalue weighted by molar-refractivity contribution is 0.0523. The normalized spacial score (nSPS) is 20.2. The average molecular weight is 599 g/mol. The number of imide groups is 1. The molecule has 0 spiro atoms. The van der Waals surface area contributed by atoms with Crippen molar-refractivity contribution in [1.82, 2.24) is 25.2 Å². The summed E-state index contributed by atoms with van der Waals surface area (Å²) in [5.41, 5.74) is 1.82. The van der Waals surface area contributed by atoms with E-state index in [0.717, 1.165) is 0 Å². The molecule has 0 aliphatic carbocycles. The summed E-state index contributed by atoms with van der Waals surface area (Å²) in [6, 6.07) is 13.8. The zero-order valence-corrected chi connectivity index (χ0v) is 23.9. The third-order valence-corrected chi connectivity index (χ3v) is 8.29. The van der Waals surface area contributed by atoms with Crippen LogP contribution in [0.15, 0.2) is 60.8 Å². The average Bonchev–Trinajstić information content (AvgIpc) is 3.21. The molecule has 2 unspecified atom stereocenters. The zero-order valence-electron chi connectivity index (χ0n) is 23.2. The standard InChI is InChI=1S/C32H25ClF2N6O2/c1-15-10-19(11-16(2)37-15)41-30(42)21-9-7-18(13-23(21)31(41)43)38-32-36-14-26-28(40-32)20-8-6-17(33)12-22(20)29(39-26)27-24(34)4-3-5-25(27)35/h3-9,12-16,19,37H,10-11H2,1-2H3,(H,36,38,40). The maximum absolute atomic E-state index is 14.8. The largest absolute Gasteiger partial charge is 0.324 e. The molecule has 1 saturated heterocycles. The second-order valence-corrected chi connectivity index (χ2v) is 11.6. The van der Waals surface area contributed by atoms with Gasteiger partial charge < -0.3 is 10.6 Å². The minimum atomic E-state index is -0.750. The monoisotopic (exact) mass is 598 g/mol. The summed E-state index contributed by atoms with van der Waals surface area (Å²) < 4.78 is 29.6. The van der Waals surface area contributed by atoms with Gasteiger partial charge in [-0.2, -0.15) is 0 Å². The van der Waals surface area contributed by atoms with E-state index < -0.39 is 11.6 Å². The Morgan fingerprint density at radius 2 is 1.63 bits per heavy atom. The molecule has 0 saturated carbocycles. The summed E-state index contributed by atoms with van der Waals surface area (Å²) in [6.07, 6.45) is 2.86. The number of hydrogen-bond donors (Lipinski definition) is 2. The molecule has 3 aromatic carbocycles. The molecule has 7 rings (SSSR count). The van der Waals surface area contributed by atoms with Crippen molar-refractivity contribution in [1.29, 1.82) is 0 Å². The molecule has 8 nitrogen and oxygen atoms in total. The molecule has 1 fully saturated rings. The Bertz CT molecular complexity index is 1960. The van der Waals surface area contributed by atoms with Gasteiger partial charge in [0, 0.05) is 39.6 Å². The molecule has 43 heavy (non-hydrogen) atoms. The van der Waals surface area contributed by atoms with Gasteiger partial charge in [-0.25, -0.2) is 23.7 Å². The number of anilines is 2. The number of hydrogen-bond acceptors (Lipinski definition) is 7. The summed E-state index contributed by atoms with van der Waals surface area (Å²) >= 11 is 6.27. The van der Waals surface area contributed by atoms with Crippen LogP contribution in [0.5, 0.6) is 0 Å². The molecule has 2 aliphatic rings. The van der Waals surface area contributed by atoms with E-state index in [1.54, 1.807) is 36.4 Å². The second-order valence-electron chi connectivity index (χ2n) is 11.1. The number of nitrogens with zero attached hydrogens (tertiary/aromatic N) is 4. The van der Waals surface area contributed by atoms with Gasteiger partial charge in [-0.1, -0.05) is 23.7 Å². The van der Waals surface area contributed by atoms with E-state index in [1.807, 2.05) is 0 Å².